The van der Waals surface area contributed by atoms with Crippen molar-refractivity contribution < 1.29 is 0 Å². The first-order valence-corrected chi connectivity index (χ1v) is 5.20. The number of hydrogen-bond acceptors (Lipinski definition) is 1. The second-order valence-corrected chi connectivity index (χ2v) is 4.30. The summed E-state index contributed by atoms with van der Waals surface area (Å²) in [5, 5.41) is 5.94. The predicted octanol–water partition coefficient (Wildman–Crippen LogP) is 3.08. The standard InChI is InChI=1S/C10H8Cl2N2/c11-7-1-8(12)10-9-5(3-14-10)2-13-4-6(7)9/h1,3,13-14H,2,4H2. The first-order chi connectivity index (χ1) is 6.77. The quantitative estimate of drug-likeness (QED) is 0.711. The van der Waals surface area contributed by atoms with Gasteiger partial charge in [-0.3, -0.25) is 0 Å². The first kappa shape index (κ1) is 8.60. The molecule has 72 valence electrons. The maximum absolute atomic E-state index is 6.13. The molecule has 4 heteroatoms. The smallest absolute Gasteiger partial charge is 0.0662 e. The van der Waals surface area contributed by atoms with Crippen LogP contribution in [0.4, 0.5) is 0 Å². The van der Waals surface area contributed by atoms with E-state index in [-0.39, 0.29) is 0 Å². The Morgan fingerprint density at radius 3 is 2.86 bits per heavy atom. The highest BCUT2D eigenvalue weighted by Crippen LogP contribution is 2.35. The Morgan fingerprint density at radius 2 is 2.00 bits per heavy atom. The number of benzene rings is 1. The number of halogens is 2. The van der Waals surface area contributed by atoms with Gasteiger partial charge in [-0.2, -0.15) is 0 Å². The molecule has 1 aromatic carbocycles. The molecule has 0 atom stereocenters. The van der Waals surface area contributed by atoms with Gasteiger partial charge in [-0.05, 0) is 17.2 Å². The highest BCUT2D eigenvalue weighted by atomic mass is 35.5. The summed E-state index contributed by atoms with van der Waals surface area (Å²) in [4.78, 5) is 3.18. The molecule has 2 N–H and O–H groups in total. The van der Waals surface area contributed by atoms with Crippen LogP contribution in [0, 0.1) is 0 Å². The molecule has 2 aromatic rings. The van der Waals surface area contributed by atoms with Gasteiger partial charge in [0.2, 0.25) is 0 Å². The monoisotopic (exact) mass is 226 g/mol. The number of nitrogens with one attached hydrogen (secondary N) is 2. The largest absolute Gasteiger partial charge is 0.360 e. The van der Waals surface area contributed by atoms with E-state index in [1.807, 2.05) is 6.20 Å². The Bertz CT molecular complexity index is 516. The average Bonchev–Trinajstić information content (AvgIpc) is 2.59. The second-order valence-electron chi connectivity index (χ2n) is 3.49. The number of aromatic nitrogens is 1. The van der Waals surface area contributed by atoms with Gasteiger partial charge < -0.3 is 10.3 Å². The summed E-state index contributed by atoms with van der Waals surface area (Å²) >= 11 is 12.2. The van der Waals surface area contributed by atoms with Gasteiger partial charge in [0.1, 0.15) is 0 Å². The van der Waals surface area contributed by atoms with Crippen LogP contribution in [0.2, 0.25) is 10.0 Å². The van der Waals surface area contributed by atoms with E-state index in [9.17, 15) is 0 Å². The molecule has 1 aromatic heterocycles. The minimum atomic E-state index is 0.696. The van der Waals surface area contributed by atoms with Crippen LogP contribution in [0.1, 0.15) is 11.1 Å². The fourth-order valence-electron chi connectivity index (χ4n) is 2.02. The summed E-state index contributed by atoms with van der Waals surface area (Å²) in [6, 6.07) is 1.80. The molecule has 0 aliphatic carbocycles. The van der Waals surface area contributed by atoms with Crippen LogP contribution in [0.3, 0.4) is 0 Å². The van der Waals surface area contributed by atoms with Crippen LogP contribution in [-0.2, 0) is 13.1 Å². The molecular weight excluding hydrogens is 219 g/mol. The Labute approximate surface area is 91.2 Å². The van der Waals surface area contributed by atoms with E-state index in [4.69, 9.17) is 23.2 Å². The molecule has 0 amide bonds. The van der Waals surface area contributed by atoms with E-state index < -0.39 is 0 Å². The highest BCUT2D eigenvalue weighted by molar-refractivity contribution is 6.39. The van der Waals surface area contributed by atoms with Crippen LogP contribution >= 0.6 is 23.2 Å². The van der Waals surface area contributed by atoms with Gasteiger partial charge in [0.25, 0.3) is 0 Å². The first-order valence-electron chi connectivity index (χ1n) is 4.45. The minimum Gasteiger partial charge on any atom is -0.360 e. The highest BCUT2D eigenvalue weighted by Gasteiger charge is 2.18. The lowest BCUT2D eigenvalue weighted by molar-refractivity contribution is 0.684. The van der Waals surface area contributed by atoms with Crippen LogP contribution < -0.4 is 5.32 Å². The normalized spacial score (nSPS) is 15.0. The maximum atomic E-state index is 6.13. The van der Waals surface area contributed by atoms with Crippen molar-refractivity contribution in [2.45, 2.75) is 13.1 Å². The van der Waals surface area contributed by atoms with Crippen molar-refractivity contribution in [2.24, 2.45) is 0 Å². The third-order valence-electron chi connectivity index (χ3n) is 2.66. The van der Waals surface area contributed by atoms with Crippen LogP contribution in [0.15, 0.2) is 12.3 Å². The predicted molar refractivity (Wildman–Crippen MR) is 58.9 cm³/mol. The summed E-state index contributed by atoms with van der Waals surface area (Å²) in [5.74, 6) is 0. The molecular formula is C10H8Cl2N2. The fourth-order valence-corrected chi connectivity index (χ4v) is 2.61. The Kier molecular flexibility index (Phi) is 1.78. The molecule has 14 heavy (non-hydrogen) atoms. The number of hydrogen-bond donors (Lipinski definition) is 2. The van der Waals surface area contributed by atoms with E-state index in [0.717, 1.165) is 29.2 Å². The molecule has 3 rings (SSSR count). The van der Waals surface area contributed by atoms with Crippen molar-refractivity contribution in [1.82, 2.24) is 10.3 Å². The molecule has 1 aliphatic heterocycles. The Balaban J connectivity index is 2.52. The minimum absolute atomic E-state index is 0.696. The van der Waals surface area contributed by atoms with Gasteiger partial charge in [-0.1, -0.05) is 23.2 Å². The van der Waals surface area contributed by atoms with Gasteiger partial charge >= 0.3 is 0 Å². The SMILES string of the molecule is Clc1cc(Cl)c2[nH]cc3c2c1CNC3. The molecule has 0 saturated heterocycles. The van der Waals surface area contributed by atoms with E-state index in [0.29, 0.717) is 5.02 Å². The van der Waals surface area contributed by atoms with Crippen molar-refractivity contribution in [1.29, 1.82) is 0 Å². The van der Waals surface area contributed by atoms with Gasteiger partial charge in [-0.15, -0.1) is 0 Å². The van der Waals surface area contributed by atoms with Crippen molar-refractivity contribution in [3.63, 3.8) is 0 Å². The molecule has 1 aliphatic rings. The van der Waals surface area contributed by atoms with Crippen LogP contribution in [0.5, 0.6) is 0 Å². The van der Waals surface area contributed by atoms with E-state index in [1.165, 1.54) is 10.9 Å². The third kappa shape index (κ3) is 1.02. The summed E-state index contributed by atoms with van der Waals surface area (Å²) in [6.07, 6.45) is 1.99. The zero-order valence-electron chi connectivity index (χ0n) is 7.32. The van der Waals surface area contributed by atoms with Crippen molar-refractivity contribution in [2.75, 3.05) is 0 Å². The van der Waals surface area contributed by atoms with Crippen LogP contribution in [0.25, 0.3) is 10.9 Å². The molecule has 0 spiro atoms. The lowest BCUT2D eigenvalue weighted by atomic mass is 10.0. The number of aromatic amines is 1. The van der Waals surface area contributed by atoms with Crippen LogP contribution in [-0.4, -0.2) is 4.98 Å². The molecule has 2 heterocycles. The van der Waals surface area contributed by atoms with Gasteiger partial charge in [0.05, 0.1) is 10.5 Å². The third-order valence-corrected chi connectivity index (χ3v) is 3.30. The zero-order chi connectivity index (χ0) is 9.71. The Hall–Kier alpha value is -0.700. The molecule has 2 nitrogen and oxygen atoms in total. The summed E-state index contributed by atoms with van der Waals surface area (Å²) in [7, 11) is 0. The lowest BCUT2D eigenvalue weighted by Crippen LogP contribution is -2.17. The summed E-state index contributed by atoms with van der Waals surface area (Å²) in [6.45, 7) is 1.70. The fraction of sp³-hybridized carbons (Fsp3) is 0.200. The van der Waals surface area contributed by atoms with E-state index in [1.54, 1.807) is 6.07 Å². The van der Waals surface area contributed by atoms with Gasteiger partial charge in [0.15, 0.2) is 0 Å². The lowest BCUT2D eigenvalue weighted by Gasteiger charge is -2.15. The topological polar surface area (TPSA) is 27.8 Å². The second kappa shape index (κ2) is 2.89. The number of rotatable bonds is 0. The zero-order valence-corrected chi connectivity index (χ0v) is 8.84. The Morgan fingerprint density at radius 1 is 1.14 bits per heavy atom. The van der Waals surface area contributed by atoms with Gasteiger partial charge in [-0.25, -0.2) is 0 Å². The summed E-state index contributed by atoms with van der Waals surface area (Å²) < 4.78 is 0. The van der Waals surface area contributed by atoms with E-state index in [2.05, 4.69) is 10.3 Å². The molecule has 0 radical (unpaired) electrons. The summed E-state index contributed by atoms with van der Waals surface area (Å²) in [5.41, 5.74) is 3.39. The maximum Gasteiger partial charge on any atom is 0.0662 e. The van der Waals surface area contributed by atoms with Gasteiger partial charge in [0, 0.05) is 29.7 Å². The van der Waals surface area contributed by atoms with Crippen molar-refractivity contribution >= 4 is 34.1 Å². The van der Waals surface area contributed by atoms with Crippen molar-refractivity contribution in [3.8, 4) is 0 Å². The molecule has 0 unspecified atom stereocenters. The molecule has 0 bridgehead atoms. The van der Waals surface area contributed by atoms with E-state index >= 15 is 0 Å². The van der Waals surface area contributed by atoms with Crippen molar-refractivity contribution in [3.05, 3.63) is 33.4 Å². The molecule has 0 fully saturated rings. The number of H-pyrrole nitrogens is 1. The molecule has 0 saturated carbocycles. The average molecular weight is 227 g/mol.